The number of hydrogen-bond donors (Lipinski definition) is 3. The minimum absolute atomic E-state index is 0.0552. The van der Waals surface area contributed by atoms with Crippen LogP contribution in [0.15, 0.2) is 11.4 Å². The molecule has 0 unspecified atom stereocenters. The van der Waals surface area contributed by atoms with Crippen LogP contribution in [0.4, 0.5) is 5.00 Å². The number of carbonyl (C=O) groups excluding carboxylic acids is 4. The van der Waals surface area contributed by atoms with Gasteiger partial charge in [0.25, 0.3) is 11.8 Å². The van der Waals surface area contributed by atoms with Crippen LogP contribution < -0.4 is 16.4 Å². The summed E-state index contributed by atoms with van der Waals surface area (Å²) in [6.07, 6.45) is 5.40. The summed E-state index contributed by atoms with van der Waals surface area (Å²) in [7, 11) is 0. The summed E-state index contributed by atoms with van der Waals surface area (Å²) >= 11 is 1.15. The van der Waals surface area contributed by atoms with Gasteiger partial charge in [-0.25, -0.2) is 0 Å². The lowest BCUT2D eigenvalue weighted by Gasteiger charge is -2.55. The molecule has 162 valence electrons. The molecule has 1 heterocycles. The molecule has 4 aliphatic carbocycles. The molecule has 0 aliphatic heterocycles. The maximum absolute atomic E-state index is 12.9. The predicted molar refractivity (Wildman–Crippen MR) is 111 cm³/mol. The van der Waals surface area contributed by atoms with Gasteiger partial charge in [-0.2, -0.15) is 0 Å². The lowest BCUT2D eigenvalue weighted by Crippen LogP contribution is -2.54. The van der Waals surface area contributed by atoms with Gasteiger partial charge < -0.3 is 21.1 Å². The molecule has 30 heavy (non-hydrogen) atoms. The average Bonchev–Trinajstić information content (AvgIpc) is 3.13. The van der Waals surface area contributed by atoms with Gasteiger partial charge in [0.15, 0.2) is 6.10 Å². The molecule has 8 nitrogen and oxygen atoms in total. The Morgan fingerprint density at radius 2 is 1.77 bits per heavy atom. The van der Waals surface area contributed by atoms with Gasteiger partial charge in [0, 0.05) is 5.41 Å². The topological polar surface area (TPSA) is 128 Å². The Kier molecular flexibility index (Phi) is 5.57. The summed E-state index contributed by atoms with van der Waals surface area (Å²) in [6, 6.07) is 1.51. The van der Waals surface area contributed by atoms with Gasteiger partial charge in [-0.3, -0.25) is 19.2 Å². The van der Waals surface area contributed by atoms with Gasteiger partial charge in [0.1, 0.15) is 11.5 Å². The monoisotopic (exact) mass is 433 g/mol. The van der Waals surface area contributed by atoms with Crippen LogP contribution in [0.5, 0.6) is 0 Å². The van der Waals surface area contributed by atoms with Crippen LogP contribution in [0, 0.1) is 23.2 Å². The first-order chi connectivity index (χ1) is 14.3. The van der Waals surface area contributed by atoms with Crippen molar-refractivity contribution < 1.29 is 23.9 Å². The standard InChI is InChI=1S/C21H27N3O5S/c1-11(18(27)24-19-15(17(22)26)2-3-30-19)29-16(25)10-23-20(28)21-7-12-4-13(8-21)6-14(5-12)9-21/h2-3,11-14H,4-10H2,1H3,(H2,22,26)(H,23,28)(H,24,27)/t11-,12?,13?,14?,21?/m1/s1. The van der Waals surface area contributed by atoms with Crippen molar-refractivity contribution >= 4 is 40.0 Å². The summed E-state index contributed by atoms with van der Waals surface area (Å²) in [5.74, 6) is -0.0256. The summed E-state index contributed by atoms with van der Waals surface area (Å²) in [5.41, 5.74) is 5.13. The van der Waals surface area contributed by atoms with Crippen molar-refractivity contribution in [2.75, 3.05) is 11.9 Å². The zero-order chi connectivity index (χ0) is 21.5. The molecule has 1 atom stereocenters. The number of ether oxygens (including phenoxy) is 1. The molecular formula is C21H27N3O5S. The van der Waals surface area contributed by atoms with Crippen molar-refractivity contribution in [2.45, 2.75) is 51.6 Å². The van der Waals surface area contributed by atoms with Gasteiger partial charge in [-0.1, -0.05) is 0 Å². The van der Waals surface area contributed by atoms with Gasteiger partial charge in [0.05, 0.1) is 5.56 Å². The normalized spacial score (nSPS) is 29.8. The van der Waals surface area contributed by atoms with Crippen LogP contribution in [0.1, 0.15) is 55.8 Å². The zero-order valence-electron chi connectivity index (χ0n) is 16.9. The highest BCUT2D eigenvalue weighted by molar-refractivity contribution is 7.14. The number of thiophene rings is 1. The van der Waals surface area contributed by atoms with E-state index in [-0.39, 0.29) is 23.4 Å². The third-order valence-electron chi connectivity index (χ3n) is 6.76. The Bertz CT molecular complexity index is 844. The summed E-state index contributed by atoms with van der Waals surface area (Å²) in [6.45, 7) is 1.18. The quantitative estimate of drug-likeness (QED) is 0.567. The Labute approximate surface area is 178 Å². The molecule has 4 bridgehead atoms. The molecule has 4 aliphatic rings. The molecule has 3 amide bonds. The van der Waals surface area contributed by atoms with Crippen LogP contribution in [-0.2, 0) is 19.1 Å². The maximum Gasteiger partial charge on any atom is 0.326 e. The van der Waals surface area contributed by atoms with Crippen molar-refractivity contribution in [3.63, 3.8) is 0 Å². The van der Waals surface area contributed by atoms with Crippen molar-refractivity contribution in [3.05, 3.63) is 17.0 Å². The van der Waals surface area contributed by atoms with E-state index in [1.807, 2.05) is 0 Å². The number of nitrogens with one attached hydrogen (secondary N) is 2. The Morgan fingerprint density at radius 3 is 2.33 bits per heavy atom. The fourth-order valence-corrected chi connectivity index (χ4v) is 6.63. The van der Waals surface area contributed by atoms with E-state index in [1.54, 1.807) is 5.38 Å². The fraction of sp³-hybridized carbons (Fsp3) is 0.619. The third kappa shape index (κ3) is 4.08. The lowest BCUT2D eigenvalue weighted by molar-refractivity contribution is -0.155. The second kappa shape index (κ2) is 8.02. The highest BCUT2D eigenvalue weighted by Gasteiger charge is 2.54. The predicted octanol–water partition coefficient (Wildman–Crippen LogP) is 2.05. The number of anilines is 1. The molecule has 5 rings (SSSR count). The van der Waals surface area contributed by atoms with E-state index in [0.29, 0.717) is 22.8 Å². The molecule has 0 spiro atoms. The second-order valence-electron chi connectivity index (χ2n) is 9.03. The van der Waals surface area contributed by atoms with E-state index < -0.39 is 23.9 Å². The number of primary amides is 1. The van der Waals surface area contributed by atoms with Gasteiger partial charge in [-0.05, 0) is 74.6 Å². The number of esters is 1. The third-order valence-corrected chi connectivity index (χ3v) is 7.59. The maximum atomic E-state index is 12.9. The van der Waals surface area contributed by atoms with Crippen LogP contribution in [0.2, 0.25) is 0 Å². The largest absolute Gasteiger partial charge is 0.451 e. The van der Waals surface area contributed by atoms with E-state index in [4.69, 9.17) is 10.5 Å². The Balaban J connectivity index is 1.26. The minimum atomic E-state index is -1.07. The number of nitrogens with two attached hydrogens (primary N) is 1. The number of carbonyl (C=O) groups is 4. The molecule has 1 aromatic heterocycles. The molecule has 0 radical (unpaired) electrons. The van der Waals surface area contributed by atoms with E-state index >= 15 is 0 Å². The molecule has 9 heteroatoms. The highest BCUT2D eigenvalue weighted by atomic mass is 32.1. The van der Waals surface area contributed by atoms with Gasteiger partial charge >= 0.3 is 5.97 Å². The highest BCUT2D eigenvalue weighted by Crippen LogP contribution is 2.60. The average molecular weight is 434 g/mol. The van der Waals surface area contributed by atoms with E-state index in [2.05, 4.69) is 10.6 Å². The van der Waals surface area contributed by atoms with Crippen molar-refractivity contribution in [1.82, 2.24) is 5.32 Å². The molecule has 1 aromatic rings. The smallest absolute Gasteiger partial charge is 0.326 e. The first-order valence-corrected chi connectivity index (χ1v) is 11.3. The Hall–Kier alpha value is -2.42. The summed E-state index contributed by atoms with van der Waals surface area (Å²) < 4.78 is 5.15. The van der Waals surface area contributed by atoms with Gasteiger partial charge in [0.2, 0.25) is 5.91 Å². The fourth-order valence-electron chi connectivity index (χ4n) is 5.83. The van der Waals surface area contributed by atoms with Crippen LogP contribution in [0.3, 0.4) is 0 Å². The molecule has 0 aromatic carbocycles. The number of amides is 3. The van der Waals surface area contributed by atoms with Crippen molar-refractivity contribution in [1.29, 1.82) is 0 Å². The summed E-state index contributed by atoms with van der Waals surface area (Å²) in [5, 5.41) is 7.24. The lowest BCUT2D eigenvalue weighted by atomic mass is 9.49. The zero-order valence-corrected chi connectivity index (χ0v) is 17.8. The van der Waals surface area contributed by atoms with Crippen LogP contribution >= 0.6 is 11.3 Å². The Morgan fingerprint density at radius 1 is 1.17 bits per heavy atom. The van der Waals surface area contributed by atoms with E-state index in [9.17, 15) is 19.2 Å². The SMILES string of the molecule is C[C@@H](OC(=O)CNC(=O)C12CC3CC(CC(C3)C1)C2)C(=O)Nc1sccc1C(N)=O. The first-order valence-electron chi connectivity index (χ1n) is 10.4. The minimum Gasteiger partial charge on any atom is -0.451 e. The molecule has 4 fully saturated rings. The second-order valence-corrected chi connectivity index (χ2v) is 9.95. The molecule has 0 saturated heterocycles. The summed E-state index contributed by atoms with van der Waals surface area (Å²) in [4.78, 5) is 48.7. The van der Waals surface area contributed by atoms with E-state index in [1.165, 1.54) is 32.3 Å². The van der Waals surface area contributed by atoms with E-state index in [0.717, 1.165) is 30.6 Å². The van der Waals surface area contributed by atoms with Crippen LogP contribution in [-0.4, -0.2) is 36.3 Å². The molecule has 4 saturated carbocycles. The van der Waals surface area contributed by atoms with Gasteiger partial charge in [-0.15, -0.1) is 11.3 Å². The van der Waals surface area contributed by atoms with Crippen LogP contribution in [0.25, 0.3) is 0 Å². The molecule has 4 N–H and O–H groups in total. The number of rotatable bonds is 7. The van der Waals surface area contributed by atoms with Crippen molar-refractivity contribution in [3.8, 4) is 0 Å². The first kappa shape index (κ1) is 20.8. The molecular weight excluding hydrogens is 406 g/mol. The number of hydrogen-bond acceptors (Lipinski definition) is 6. The van der Waals surface area contributed by atoms with Crippen molar-refractivity contribution in [2.24, 2.45) is 28.9 Å².